The van der Waals surface area contributed by atoms with Gasteiger partial charge in [0.05, 0.1) is 6.10 Å². The van der Waals surface area contributed by atoms with Crippen LogP contribution in [0.25, 0.3) is 10.8 Å². The highest BCUT2D eigenvalue weighted by molar-refractivity contribution is 5.87. The Morgan fingerprint density at radius 2 is 2.05 bits per heavy atom. The lowest BCUT2D eigenvalue weighted by atomic mass is 10.0. The highest BCUT2D eigenvalue weighted by atomic mass is 16.3. The monoisotopic (exact) mass is 284 g/mol. The van der Waals surface area contributed by atoms with E-state index in [1.807, 2.05) is 24.3 Å². The number of nitrogens with zero attached hydrogens (tertiary/aromatic N) is 1. The number of rotatable bonds is 3. The topological polar surface area (TPSA) is 52.6 Å². The SMILES string of the molecule is CN(Cc1cccc2ccccc12)C(=O)[C@H]1NCCC1O. The fourth-order valence-corrected chi connectivity index (χ4v) is 2.94. The van der Waals surface area contributed by atoms with Gasteiger partial charge in [-0.1, -0.05) is 42.5 Å². The molecule has 0 spiro atoms. The van der Waals surface area contributed by atoms with Gasteiger partial charge in [0, 0.05) is 13.6 Å². The zero-order chi connectivity index (χ0) is 14.8. The Hall–Kier alpha value is -1.91. The molecule has 3 rings (SSSR count). The molecule has 0 aliphatic carbocycles. The molecule has 1 aliphatic rings. The van der Waals surface area contributed by atoms with Crippen LogP contribution in [0.5, 0.6) is 0 Å². The maximum Gasteiger partial charge on any atom is 0.242 e. The van der Waals surface area contributed by atoms with Crippen LogP contribution >= 0.6 is 0 Å². The van der Waals surface area contributed by atoms with Crippen molar-refractivity contribution in [2.24, 2.45) is 0 Å². The van der Waals surface area contributed by atoms with Crippen LogP contribution in [0, 0.1) is 0 Å². The van der Waals surface area contributed by atoms with Gasteiger partial charge in [-0.05, 0) is 29.3 Å². The molecular weight excluding hydrogens is 264 g/mol. The minimum Gasteiger partial charge on any atom is -0.391 e. The van der Waals surface area contributed by atoms with Crippen molar-refractivity contribution in [2.75, 3.05) is 13.6 Å². The van der Waals surface area contributed by atoms with Crippen molar-refractivity contribution >= 4 is 16.7 Å². The Bertz CT molecular complexity index is 651. The largest absolute Gasteiger partial charge is 0.391 e. The predicted molar refractivity (Wildman–Crippen MR) is 82.8 cm³/mol. The van der Waals surface area contributed by atoms with Crippen LogP contribution in [0.3, 0.4) is 0 Å². The Balaban J connectivity index is 1.80. The van der Waals surface area contributed by atoms with Crippen molar-refractivity contribution in [3.05, 3.63) is 48.0 Å². The van der Waals surface area contributed by atoms with E-state index < -0.39 is 12.1 Å². The molecule has 1 fully saturated rings. The molecule has 0 saturated carbocycles. The van der Waals surface area contributed by atoms with E-state index >= 15 is 0 Å². The highest BCUT2D eigenvalue weighted by Gasteiger charge is 2.32. The summed E-state index contributed by atoms with van der Waals surface area (Å²) in [5.74, 6) is -0.0482. The van der Waals surface area contributed by atoms with Gasteiger partial charge in [-0.25, -0.2) is 0 Å². The summed E-state index contributed by atoms with van der Waals surface area (Å²) in [7, 11) is 1.79. The molecule has 0 bridgehead atoms. The number of amides is 1. The van der Waals surface area contributed by atoms with Crippen molar-refractivity contribution in [3.63, 3.8) is 0 Å². The zero-order valence-corrected chi connectivity index (χ0v) is 12.1. The highest BCUT2D eigenvalue weighted by Crippen LogP contribution is 2.20. The Morgan fingerprint density at radius 3 is 2.81 bits per heavy atom. The maximum absolute atomic E-state index is 12.4. The summed E-state index contributed by atoms with van der Waals surface area (Å²) in [4.78, 5) is 14.1. The molecule has 2 N–H and O–H groups in total. The molecule has 0 aromatic heterocycles. The van der Waals surface area contributed by atoms with Gasteiger partial charge in [0.1, 0.15) is 6.04 Å². The molecule has 4 heteroatoms. The molecule has 2 aromatic carbocycles. The summed E-state index contributed by atoms with van der Waals surface area (Å²) in [5.41, 5.74) is 1.12. The summed E-state index contributed by atoms with van der Waals surface area (Å²) in [6.45, 7) is 1.24. The first kappa shape index (κ1) is 14.0. The van der Waals surface area contributed by atoms with Crippen LogP contribution < -0.4 is 5.32 Å². The van der Waals surface area contributed by atoms with Crippen molar-refractivity contribution in [1.82, 2.24) is 10.2 Å². The lowest BCUT2D eigenvalue weighted by Crippen LogP contribution is -2.46. The molecule has 2 atom stereocenters. The Morgan fingerprint density at radius 1 is 1.29 bits per heavy atom. The number of likely N-dealkylation sites (N-methyl/N-ethyl adjacent to an activating group) is 1. The van der Waals surface area contributed by atoms with Gasteiger partial charge < -0.3 is 15.3 Å². The molecule has 1 amide bonds. The molecule has 4 nitrogen and oxygen atoms in total. The second-order valence-corrected chi connectivity index (χ2v) is 5.62. The number of carbonyl (C=O) groups excluding carboxylic acids is 1. The number of fused-ring (bicyclic) bond motifs is 1. The summed E-state index contributed by atoms with van der Waals surface area (Å²) in [6.07, 6.45) is 0.0610. The summed E-state index contributed by atoms with van der Waals surface area (Å²) in [6, 6.07) is 13.8. The summed E-state index contributed by atoms with van der Waals surface area (Å²) < 4.78 is 0. The Labute approximate surface area is 124 Å². The average molecular weight is 284 g/mol. The second kappa shape index (κ2) is 5.84. The van der Waals surface area contributed by atoms with E-state index in [9.17, 15) is 9.90 Å². The first-order valence-corrected chi connectivity index (χ1v) is 7.30. The van der Waals surface area contributed by atoms with Crippen LogP contribution in [0.2, 0.25) is 0 Å². The second-order valence-electron chi connectivity index (χ2n) is 5.62. The molecule has 21 heavy (non-hydrogen) atoms. The zero-order valence-electron chi connectivity index (χ0n) is 12.1. The summed E-state index contributed by atoms with van der Waals surface area (Å²) in [5, 5.41) is 15.2. The normalized spacial score (nSPS) is 21.6. The van der Waals surface area contributed by atoms with E-state index in [4.69, 9.17) is 0 Å². The number of benzene rings is 2. The van der Waals surface area contributed by atoms with Gasteiger partial charge in [-0.15, -0.1) is 0 Å². The number of nitrogens with one attached hydrogen (secondary N) is 1. The fourth-order valence-electron chi connectivity index (χ4n) is 2.94. The minimum absolute atomic E-state index is 0.0482. The van der Waals surface area contributed by atoms with Gasteiger partial charge in [0.15, 0.2) is 0 Å². The van der Waals surface area contributed by atoms with Crippen LogP contribution in [-0.4, -0.2) is 41.7 Å². The van der Waals surface area contributed by atoms with E-state index in [1.54, 1.807) is 11.9 Å². The minimum atomic E-state index is -0.576. The first-order chi connectivity index (χ1) is 10.2. The third-order valence-corrected chi connectivity index (χ3v) is 4.12. The van der Waals surface area contributed by atoms with Crippen LogP contribution in [0.15, 0.2) is 42.5 Å². The van der Waals surface area contributed by atoms with Crippen LogP contribution in [0.4, 0.5) is 0 Å². The standard InChI is InChI=1S/C17H20N2O2/c1-19(17(21)16-15(20)9-10-18-16)11-13-7-4-6-12-5-2-3-8-14(12)13/h2-8,15-16,18,20H,9-11H2,1H3/t15?,16-/m0/s1. The van der Waals surface area contributed by atoms with Crippen molar-refractivity contribution < 1.29 is 9.90 Å². The first-order valence-electron chi connectivity index (χ1n) is 7.30. The molecule has 1 saturated heterocycles. The lowest BCUT2D eigenvalue weighted by Gasteiger charge is -2.23. The molecule has 1 aliphatic heterocycles. The molecule has 1 heterocycles. The van der Waals surface area contributed by atoms with Gasteiger partial charge >= 0.3 is 0 Å². The van der Waals surface area contributed by atoms with E-state index in [0.717, 1.165) is 5.56 Å². The van der Waals surface area contributed by atoms with E-state index in [0.29, 0.717) is 19.5 Å². The summed E-state index contributed by atoms with van der Waals surface area (Å²) >= 11 is 0. The smallest absolute Gasteiger partial charge is 0.242 e. The van der Waals surface area contributed by atoms with Gasteiger partial charge in [0.2, 0.25) is 5.91 Å². The molecule has 2 aromatic rings. The predicted octanol–water partition coefficient (Wildman–Crippen LogP) is 1.52. The van der Waals surface area contributed by atoms with Crippen molar-refractivity contribution in [3.8, 4) is 0 Å². The van der Waals surface area contributed by atoms with E-state index in [1.165, 1.54) is 10.8 Å². The van der Waals surface area contributed by atoms with Crippen molar-refractivity contribution in [1.29, 1.82) is 0 Å². The number of carbonyl (C=O) groups is 1. The molecular formula is C17H20N2O2. The molecule has 110 valence electrons. The van der Waals surface area contributed by atoms with Crippen molar-refractivity contribution in [2.45, 2.75) is 25.1 Å². The van der Waals surface area contributed by atoms with Crippen LogP contribution in [-0.2, 0) is 11.3 Å². The van der Waals surface area contributed by atoms with Gasteiger partial charge in [0.25, 0.3) is 0 Å². The Kier molecular flexibility index (Phi) is 3.90. The fraction of sp³-hybridized carbons (Fsp3) is 0.353. The van der Waals surface area contributed by atoms with E-state index in [2.05, 4.69) is 23.5 Å². The third kappa shape index (κ3) is 2.77. The molecule has 0 radical (unpaired) electrons. The van der Waals surface area contributed by atoms with Gasteiger partial charge in [-0.3, -0.25) is 4.79 Å². The third-order valence-electron chi connectivity index (χ3n) is 4.12. The van der Waals surface area contributed by atoms with E-state index in [-0.39, 0.29) is 5.91 Å². The maximum atomic E-state index is 12.4. The van der Waals surface area contributed by atoms with Crippen LogP contribution in [0.1, 0.15) is 12.0 Å². The number of hydrogen-bond acceptors (Lipinski definition) is 3. The number of aliphatic hydroxyl groups excluding tert-OH is 1. The quantitative estimate of drug-likeness (QED) is 0.898. The average Bonchev–Trinajstić information content (AvgIpc) is 2.93. The number of aliphatic hydroxyl groups is 1. The lowest BCUT2D eigenvalue weighted by molar-refractivity contribution is -0.134. The number of hydrogen-bond donors (Lipinski definition) is 2. The molecule has 1 unspecified atom stereocenters. The van der Waals surface area contributed by atoms with Gasteiger partial charge in [-0.2, -0.15) is 0 Å².